The van der Waals surface area contributed by atoms with Gasteiger partial charge in [0.15, 0.2) is 6.10 Å². The number of hydrogen-bond acceptors (Lipinski definition) is 4. The molecule has 0 aliphatic heterocycles. The summed E-state index contributed by atoms with van der Waals surface area (Å²) in [6.07, 6.45) is 8.02. The average Bonchev–Trinajstić information content (AvgIpc) is 2.92. The molecule has 21 heavy (non-hydrogen) atoms. The van der Waals surface area contributed by atoms with Gasteiger partial charge in [-0.15, -0.1) is 0 Å². The second kappa shape index (κ2) is 7.56. The number of ether oxygens (including phenoxy) is 1. The van der Waals surface area contributed by atoms with Crippen molar-refractivity contribution in [2.75, 3.05) is 13.2 Å². The quantitative estimate of drug-likeness (QED) is 0.797. The molecule has 1 aliphatic rings. The summed E-state index contributed by atoms with van der Waals surface area (Å²) in [5.41, 5.74) is 6.11. The van der Waals surface area contributed by atoms with E-state index in [1.54, 1.807) is 0 Å². The number of imidazole rings is 1. The summed E-state index contributed by atoms with van der Waals surface area (Å²) < 4.78 is 7.38. The van der Waals surface area contributed by atoms with Crippen molar-refractivity contribution in [1.29, 1.82) is 0 Å². The minimum absolute atomic E-state index is 0.248. The Balaban J connectivity index is 1.93. The largest absolute Gasteiger partial charge is 0.479 e. The van der Waals surface area contributed by atoms with Gasteiger partial charge in [0.2, 0.25) is 0 Å². The molecule has 0 amide bonds. The number of carboxylic acid groups (broad SMARTS) is 1. The molecule has 6 nitrogen and oxygen atoms in total. The predicted molar refractivity (Wildman–Crippen MR) is 79.0 cm³/mol. The van der Waals surface area contributed by atoms with Gasteiger partial charge in [-0.25, -0.2) is 9.78 Å². The van der Waals surface area contributed by atoms with Gasteiger partial charge >= 0.3 is 5.97 Å². The molecule has 1 atom stereocenters. The first-order valence-corrected chi connectivity index (χ1v) is 7.67. The smallest absolute Gasteiger partial charge is 0.333 e. The molecule has 0 radical (unpaired) electrons. The molecular weight excluding hydrogens is 270 g/mol. The van der Waals surface area contributed by atoms with Crippen LogP contribution in [-0.4, -0.2) is 39.9 Å². The Bertz CT molecular complexity index is 453. The van der Waals surface area contributed by atoms with Crippen LogP contribution in [0.5, 0.6) is 0 Å². The first-order chi connectivity index (χ1) is 10.1. The highest BCUT2D eigenvalue weighted by atomic mass is 16.5. The topological polar surface area (TPSA) is 90.4 Å². The standard InChI is InChI=1S/C15H25N3O3/c1-11-2-4-13(5-3-11)18-9-12(17-10-18)8-14(15(19)20)21-7-6-16/h9-11,13-14H,2-8,16H2,1H3,(H,19,20). The molecular formula is C15H25N3O3. The van der Waals surface area contributed by atoms with Crippen LogP contribution in [0.4, 0.5) is 0 Å². The van der Waals surface area contributed by atoms with Crippen LogP contribution in [0, 0.1) is 5.92 Å². The van der Waals surface area contributed by atoms with E-state index in [4.69, 9.17) is 15.6 Å². The minimum Gasteiger partial charge on any atom is -0.479 e. The van der Waals surface area contributed by atoms with Gasteiger partial charge in [-0.05, 0) is 31.6 Å². The predicted octanol–water partition coefficient (Wildman–Crippen LogP) is 1.61. The van der Waals surface area contributed by atoms with E-state index < -0.39 is 12.1 Å². The van der Waals surface area contributed by atoms with E-state index in [0.717, 1.165) is 11.6 Å². The fourth-order valence-corrected chi connectivity index (χ4v) is 2.84. The summed E-state index contributed by atoms with van der Waals surface area (Å²) in [6, 6.07) is 0.496. The molecule has 3 N–H and O–H groups in total. The van der Waals surface area contributed by atoms with E-state index in [1.807, 2.05) is 12.5 Å². The van der Waals surface area contributed by atoms with E-state index in [1.165, 1.54) is 25.7 Å². The molecule has 1 aliphatic carbocycles. The molecule has 0 aromatic carbocycles. The van der Waals surface area contributed by atoms with Crippen LogP contribution < -0.4 is 5.73 Å². The molecule has 6 heteroatoms. The lowest BCUT2D eigenvalue weighted by Crippen LogP contribution is -2.28. The zero-order valence-corrected chi connectivity index (χ0v) is 12.6. The minimum atomic E-state index is -0.968. The summed E-state index contributed by atoms with van der Waals surface area (Å²) in [5.74, 6) is -0.158. The molecule has 0 saturated heterocycles. The number of aliphatic carboxylic acids is 1. The Morgan fingerprint density at radius 1 is 1.52 bits per heavy atom. The van der Waals surface area contributed by atoms with Crippen LogP contribution in [-0.2, 0) is 16.0 Å². The molecule has 2 rings (SSSR count). The van der Waals surface area contributed by atoms with Crippen LogP contribution in [0.2, 0.25) is 0 Å². The van der Waals surface area contributed by atoms with Crippen molar-refractivity contribution in [2.24, 2.45) is 11.7 Å². The Hall–Kier alpha value is -1.40. The van der Waals surface area contributed by atoms with Crippen molar-refractivity contribution >= 4 is 5.97 Å². The van der Waals surface area contributed by atoms with Gasteiger partial charge < -0.3 is 20.1 Å². The normalized spacial score (nSPS) is 23.9. The third-order valence-electron chi connectivity index (χ3n) is 4.17. The maximum atomic E-state index is 11.2. The first kappa shape index (κ1) is 16.0. The summed E-state index contributed by atoms with van der Waals surface area (Å²) in [6.45, 7) is 2.86. The Labute approximate surface area is 125 Å². The Morgan fingerprint density at radius 2 is 2.24 bits per heavy atom. The highest BCUT2D eigenvalue weighted by Crippen LogP contribution is 2.31. The monoisotopic (exact) mass is 295 g/mol. The number of carbonyl (C=O) groups is 1. The first-order valence-electron chi connectivity index (χ1n) is 7.67. The molecule has 1 saturated carbocycles. The van der Waals surface area contributed by atoms with Gasteiger partial charge in [0.1, 0.15) is 0 Å². The SMILES string of the molecule is CC1CCC(n2cnc(CC(OCCN)C(=O)O)c2)CC1. The van der Waals surface area contributed by atoms with Crippen LogP contribution >= 0.6 is 0 Å². The van der Waals surface area contributed by atoms with Crippen LogP contribution in [0.15, 0.2) is 12.5 Å². The lowest BCUT2D eigenvalue weighted by Gasteiger charge is -2.26. The van der Waals surface area contributed by atoms with E-state index in [0.29, 0.717) is 12.6 Å². The lowest BCUT2D eigenvalue weighted by atomic mass is 9.87. The van der Waals surface area contributed by atoms with Gasteiger partial charge in [-0.1, -0.05) is 6.92 Å². The Kier molecular flexibility index (Phi) is 5.76. The molecule has 1 unspecified atom stereocenters. The molecule has 1 aromatic rings. The fraction of sp³-hybridized carbons (Fsp3) is 0.733. The molecule has 118 valence electrons. The van der Waals surface area contributed by atoms with Crippen LogP contribution in [0.1, 0.15) is 44.3 Å². The third kappa shape index (κ3) is 4.54. The second-order valence-electron chi connectivity index (χ2n) is 5.92. The van der Waals surface area contributed by atoms with E-state index >= 15 is 0 Å². The van der Waals surface area contributed by atoms with Crippen molar-refractivity contribution in [3.8, 4) is 0 Å². The molecule has 1 aromatic heterocycles. The zero-order chi connectivity index (χ0) is 15.2. The van der Waals surface area contributed by atoms with Crippen molar-refractivity contribution in [3.63, 3.8) is 0 Å². The van der Waals surface area contributed by atoms with Crippen molar-refractivity contribution in [3.05, 3.63) is 18.2 Å². The highest BCUT2D eigenvalue weighted by molar-refractivity contribution is 5.72. The number of aromatic nitrogens is 2. The highest BCUT2D eigenvalue weighted by Gasteiger charge is 2.22. The van der Waals surface area contributed by atoms with E-state index in [2.05, 4.69) is 16.5 Å². The third-order valence-corrected chi connectivity index (χ3v) is 4.17. The van der Waals surface area contributed by atoms with Crippen LogP contribution in [0.25, 0.3) is 0 Å². The van der Waals surface area contributed by atoms with Crippen molar-refractivity contribution < 1.29 is 14.6 Å². The van der Waals surface area contributed by atoms with Crippen molar-refractivity contribution in [2.45, 2.75) is 51.2 Å². The summed E-state index contributed by atoms with van der Waals surface area (Å²) >= 11 is 0. The molecule has 1 fully saturated rings. The summed E-state index contributed by atoms with van der Waals surface area (Å²) in [5, 5.41) is 9.15. The number of carboxylic acids is 1. The number of nitrogens with zero attached hydrogens (tertiary/aromatic N) is 2. The van der Waals surface area contributed by atoms with E-state index in [9.17, 15) is 4.79 Å². The van der Waals surface area contributed by atoms with Gasteiger partial charge in [0, 0.05) is 25.2 Å². The van der Waals surface area contributed by atoms with Gasteiger partial charge in [0.25, 0.3) is 0 Å². The fourth-order valence-electron chi connectivity index (χ4n) is 2.84. The number of rotatable bonds is 7. The van der Waals surface area contributed by atoms with E-state index in [-0.39, 0.29) is 13.0 Å². The van der Waals surface area contributed by atoms with Gasteiger partial charge in [-0.2, -0.15) is 0 Å². The lowest BCUT2D eigenvalue weighted by molar-refractivity contribution is -0.150. The molecule has 1 heterocycles. The maximum Gasteiger partial charge on any atom is 0.333 e. The number of nitrogens with two attached hydrogens (primary N) is 1. The summed E-state index contributed by atoms with van der Waals surface area (Å²) in [4.78, 5) is 15.5. The summed E-state index contributed by atoms with van der Waals surface area (Å²) in [7, 11) is 0. The van der Waals surface area contributed by atoms with Gasteiger partial charge in [-0.3, -0.25) is 0 Å². The second-order valence-corrected chi connectivity index (χ2v) is 5.92. The van der Waals surface area contributed by atoms with Gasteiger partial charge in [0.05, 0.1) is 18.6 Å². The molecule has 0 spiro atoms. The van der Waals surface area contributed by atoms with Crippen LogP contribution in [0.3, 0.4) is 0 Å². The number of hydrogen-bond donors (Lipinski definition) is 2. The Morgan fingerprint density at radius 3 is 2.86 bits per heavy atom. The van der Waals surface area contributed by atoms with Crippen molar-refractivity contribution in [1.82, 2.24) is 9.55 Å². The average molecular weight is 295 g/mol. The maximum absolute atomic E-state index is 11.2. The molecule has 0 bridgehead atoms. The zero-order valence-electron chi connectivity index (χ0n) is 12.6.